The lowest BCUT2D eigenvalue weighted by atomic mass is 10.1. The highest BCUT2D eigenvalue weighted by Gasteiger charge is 2.21. The Morgan fingerprint density at radius 2 is 2.26 bits per heavy atom. The lowest BCUT2D eigenvalue weighted by Crippen LogP contribution is -2.16. The van der Waals surface area contributed by atoms with Crippen LogP contribution in [0.1, 0.15) is 12.1 Å². The molecule has 1 atom stereocenters. The van der Waals surface area contributed by atoms with Gasteiger partial charge < -0.3 is 10.1 Å². The van der Waals surface area contributed by atoms with Gasteiger partial charge in [-0.3, -0.25) is 9.78 Å². The fourth-order valence-electron chi connectivity index (χ4n) is 3.69. The molecule has 4 aromatic rings. The molecule has 4 heterocycles. The van der Waals surface area contributed by atoms with Crippen LogP contribution in [-0.2, 0) is 11.8 Å². The van der Waals surface area contributed by atoms with Crippen LogP contribution in [0.3, 0.4) is 0 Å². The van der Waals surface area contributed by atoms with E-state index in [-0.39, 0.29) is 5.69 Å². The maximum atomic E-state index is 9.76. The Morgan fingerprint density at radius 1 is 1.35 bits per heavy atom. The summed E-state index contributed by atoms with van der Waals surface area (Å²) in [6.07, 6.45) is 4.52. The first-order valence-electron chi connectivity index (χ1n) is 9.89. The normalized spacial score (nSPS) is 16.0. The van der Waals surface area contributed by atoms with E-state index in [2.05, 4.69) is 31.7 Å². The van der Waals surface area contributed by atoms with Crippen LogP contribution in [0.2, 0.25) is 5.02 Å². The van der Waals surface area contributed by atoms with E-state index in [9.17, 15) is 5.26 Å². The molecular formula is C21H19ClN8O. The van der Waals surface area contributed by atoms with Gasteiger partial charge in [0.2, 0.25) is 0 Å². The highest BCUT2D eigenvalue weighted by Crippen LogP contribution is 2.34. The van der Waals surface area contributed by atoms with Gasteiger partial charge in [-0.15, -0.1) is 0 Å². The summed E-state index contributed by atoms with van der Waals surface area (Å²) in [5.41, 5.74) is 3.47. The standard InChI is InChI=1S/C21H19ClN8O/c1-30-4-2-16(29-30)20-19(13-6-14-10-25-28-18(14)15(22)7-13)26-17(8-23)21(27-20)24-9-12-3-5-31-11-12/h2,4,6-7,10,12H,3,5,9,11H2,1H3,(H,24,27)(H,25,28). The third-order valence-corrected chi connectivity index (χ3v) is 5.61. The molecule has 0 amide bonds. The van der Waals surface area contributed by atoms with Crippen molar-refractivity contribution in [2.75, 3.05) is 25.1 Å². The number of hydrogen-bond acceptors (Lipinski definition) is 7. The second-order valence-corrected chi connectivity index (χ2v) is 7.91. The number of nitrogens with one attached hydrogen (secondary N) is 2. The Balaban J connectivity index is 1.64. The number of H-pyrrole nitrogens is 1. The van der Waals surface area contributed by atoms with Crippen molar-refractivity contribution in [3.8, 4) is 28.7 Å². The lowest BCUT2D eigenvalue weighted by molar-refractivity contribution is 0.187. The van der Waals surface area contributed by atoms with E-state index >= 15 is 0 Å². The minimum Gasteiger partial charge on any atom is -0.381 e. The number of nitriles is 1. The number of aromatic amines is 1. The first-order valence-corrected chi connectivity index (χ1v) is 10.3. The van der Waals surface area contributed by atoms with E-state index < -0.39 is 0 Å². The maximum absolute atomic E-state index is 9.76. The van der Waals surface area contributed by atoms with Crippen LogP contribution in [0.25, 0.3) is 33.5 Å². The average Bonchev–Trinajstić information content (AvgIpc) is 3.53. The number of aryl methyl sites for hydroxylation is 1. The number of nitrogens with zero attached hydrogens (tertiary/aromatic N) is 6. The predicted molar refractivity (Wildman–Crippen MR) is 116 cm³/mol. The van der Waals surface area contributed by atoms with Gasteiger partial charge in [0.25, 0.3) is 0 Å². The molecule has 9 nitrogen and oxygen atoms in total. The summed E-state index contributed by atoms with van der Waals surface area (Å²) in [6, 6.07) is 7.75. The lowest BCUT2D eigenvalue weighted by Gasteiger charge is -2.14. The van der Waals surface area contributed by atoms with Crippen LogP contribution >= 0.6 is 11.6 Å². The van der Waals surface area contributed by atoms with Gasteiger partial charge in [-0.2, -0.15) is 15.5 Å². The highest BCUT2D eigenvalue weighted by atomic mass is 35.5. The zero-order chi connectivity index (χ0) is 21.4. The van der Waals surface area contributed by atoms with Crippen LogP contribution in [0.15, 0.2) is 30.6 Å². The van der Waals surface area contributed by atoms with Gasteiger partial charge in [0.05, 0.1) is 23.3 Å². The second-order valence-electron chi connectivity index (χ2n) is 7.51. The van der Waals surface area contributed by atoms with E-state index in [1.165, 1.54) is 0 Å². The number of hydrogen-bond donors (Lipinski definition) is 2. The van der Waals surface area contributed by atoms with E-state index in [1.807, 2.05) is 25.4 Å². The molecule has 0 spiro atoms. The molecule has 3 aromatic heterocycles. The number of rotatable bonds is 5. The quantitative estimate of drug-likeness (QED) is 0.494. The summed E-state index contributed by atoms with van der Waals surface area (Å²) >= 11 is 6.45. The SMILES string of the molecule is Cn1ccc(-c2nc(NCC3CCOC3)c(C#N)nc2-c2cc(Cl)c3[nH]ncc3c2)n1. The number of anilines is 1. The summed E-state index contributed by atoms with van der Waals surface area (Å²) in [5.74, 6) is 0.822. The average molecular weight is 435 g/mol. The fourth-order valence-corrected chi connectivity index (χ4v) is 3.96. The van der Waals surface area contributed by atoms with Crippen molar-refractivity contribution in [1.29, 1.82) is 5.26 Å². The maximum Gasteiger partial charge on any atom is 0.183 e. The van der Waals surface area contributed by atoms with Crippen molar-refractivity contribution in [1.82, 2.24) is 29.9 Å². The number of ether oxygens (including phenoxy) is 1. The van der Waals surface area contributed by atoms with Crippen molar-refractivity contribution in [2.45, 2.75) is 6.42 Å². The van der Waals surface area contributed by atoms with Crippen LogP contribution in [-0.4, -0.2) is 49.7 Å². The molecule has 31 heavy (non-hydrogen) atoms. The molecular weight excluding hydrogens is 416 g/mol. The highest BCUT2D eigenvalue weighted by molar-refractivity contribution is 6.35. The van der Waals surface area contributed by atoms with Gasteiger partial charge in [-0.05, 0) is 24.6 Å². The first kappa shape index (κ1) is 19.5. The molecule has 0 bridgehead atoms. The third kappa shape index (κ3) is 3.71. The number of fused-ring (bicyclic) bond motifs is 1. The van der Waals surface area contributed by atoms with Crippen LogP contribution in [0.5, 0.6) is 0 Å². The molecule has 1 aliphatic heterocycles. The van der Waals surface area contributed by atoms with E-state index in [0.29, 0.717) is 47.0 Å². The molecule has 10 heteroatoms. The molecule has 1 aromatic carbocycles. The smallest absolute Gasteiger partial charge is 0.183 e. The number of aromatic nitrogens is 6. The van der Waals surface area contributed by atoms with Gasteiger partial charge in [0.15, 0.2) is 11.5 Å². The van der Waals surface area contributed by atoms with Gasteiger partial charge in [-0.1, -0.05) is 11.6 Å². The Kier molecular flexibility index (Phi) is 5.02. The predicted octanol–water partition coefficient (Wildman–Crippen LogP) is 3.39. The molecule has 1 unspecified atom stereocenters. The summed E-state index contributed by atoms with van der Waals surface area (Å²) in [7, 11) is 1.84. The van der Waals surface area contributed by atoms with Crippen LogP contribution < -0.4 is 5.32 Å². The van der Waals surface area contributed by atoms with Crippen molar-refractivity contribution in [3.63, 3.8) is 0 Å². The molecule has 1 aliphatic rings. The first-order chi connectivity index (χ1) is 15.1. The zero-order valence-electron chi connectivity index (χ0n) is 16.8. The van der Waals surface area contributed by atoms with Crippen molar-refractivity contribution < 1.29 is 4.74 Å². The molecule has 2 N–H and O–H groups in total. The van der Waals surface area contributed by atoms with E-state index in [0.717, 1.165) is 29.5 Å². The third-order valence-electron chi connectivity index (χ3n) is 5.31. The molecule has 5 rings (SSSR count). The minimum atomic E-state index is 0.219. The summed E-state index contributed by atoms with van der Waals surface area (Å²) < 4.78 is 7.14. The molecule has 0 aliphatic carbocycles. The number of benzene rings is 1. The van der Waals surface area contributed by atoms with Crippen molar-refractivity contribution >= 4 is 28.3 Å². The Morgan fingerprint density at radius 3 is 3.00 bits per heavy atom. The fraction of sp³-hybridized carbons (Fsp3) is 0.286. The zero-order valence-corrected chi connectivity index (χ0v) is 17.5. The van der Waals surface area contributed by atoms with Gasteiger partial charge in [0, 0.05) is 43.3 Å². The van der Waals surface area contributed by atoms with Gasteiger partial charge in [0.1, 0.15) is 23.2 Å². The minimum absolute atomic E-state index is 0.219. The summed E-state index contributed by atoms with van der Waals surface area (Å²) in [4.78, 5) is 9.45. The van der Waals surface area contributed by atoms with Gasteiger partial charge in [-0.25, -0.2) is 9.97 Å². The molecule has 0 saturated carbocycles. The Labute approximate surface area is 183 Å². The summed E-state index contributed by atoms with van der Waals surface area (Å²) in [5, 5.41) is 25.9. The van der Waals surface area contributed by atoms with E-state index in [4.69, 9.17) is 21.3 Å². The largest absolute Gasteiger partial charge is 0.381 e. The topological polar surface area (TPSA) is 117 Å². The second kappa shape index (κ2) is 7.98. The monoisotopic (exact) mass is 434 g/mol. The Hall–Kier alpha value is -3.48. The molecule has 1 saturated heterocycles. The van der Waals surface area contributed by atoms with Gasteiger partial charge >= 0.3 is 0 Å². The van der Waals surface area contributed by atoms with Crippen LogP contribution in [0, 0.1) is 17.2 Å². The van der Waals surface area contributed by atoms with Crippen LogP contribution in [0.4, 0.5) is 5.82 Å². The molecule has 1 fully saturated rings. The number of halogens is 1. The van der Waals surface area contributed by atoms with Crippen molar-refractivity contribution in [3.05, 3.63) is 41.3 Å². The summed E-state index contributed by atoms with van der Waals surface area (Å²) in [6.45, 7) is 2.13. The molecule has 156 valence electrons. The Bertz CT molecular complexity index is 1300. The van der Waals surface area contributed by atoms with E-state index in [1.54, 1.807) is 16.9 Å². The van der Waals surface area contributed by atoms with Crippen molar-refractivity contribution in [2.24, 2.45) is 13.0 Å². The molecule has 0 radical (unpaired) electrons.